The van der Waals surface area contributed by atoms with Gasteiger partial charge in [0.05, 0.1) is 15.8 Å². The van der Waals surface area contributed by atoms with Gasteiger partial charge in [0.1, 0.15) is 0 Å². The number of aromatic nitrogens is 1. The van der Waals surface area contributed by atoms with Crippen molar-refractivity contribution < 1.29 is 4.79 Å². The lowest BCUT2D eigenvalue weighted by atomic mass is 10.1. The summed E-state index contributed by atoms with van der Waals surface area (Å²) in [6.45, 7) is 7.06. The van der Waals surface area contributed by atoms with E-state index >= 15 is 0 Å². The van der Waals surface area contributed by atoms with E-state index in [1.165, 1.54) is 21.3 Å². The first kappa shape index (κ1) is 16.1. The van der Waals surface area contributed by atoms with Gasteiger partial charge in [0, 0.05) is 11.0 Å². The second-order valence-corrected chi connectivity index (χ2v) is 7.23. The second kappa shape index (κ2) is 6.42. The zero-order chi connectivity index (χ0) is 16.6. The van der Waals surface area contributed by atoms with Gasteiger partial charge in [0.2, 0.25) is 0 Å². The van der Waals surface area contributed by atoms with Crippen molar-refractivity contribution in [1.82, 2.24) is 4.57 Å². The Hall–Kier alpha value is -1.72. The average Bonchev–Trinajstić information content (AvgIpc) is 2.90. The maximum Gasteiger partial charge on any atom is 0.280 e. The summed E-state index contributed by atoms with van der Waals surface area (Å²) >= 11 is 5.00. The Morgan fingerprint density at radius 1 is 1.17 bits per heavy atom. The minimum absolute atomic E-state index is 0.221. The van der Waals surface area contributed by atoms with E-state index in [9.17, 15) is 4.79 Å². The third-order valence-corrected chi connectivity index (χ3v) is 5.75. The summed E-state index contributed by atoms with van der Waals surface area (Å²) in [7, 11) is 0. The molecular formula is C18H17BrN2OS. The third-order valence-electron chi connectivity index (χ3n) is 3.84. The number of carbonyl (C=O) groups excluding carboxylic acids is 1. The summed E-state index contributed by atoms with van der Waals surface area (Å²) in [6, 6.07) is 11.6. The monoisotopic (exact) mass is 388 g/mol. The van der Waals surface area contributed by atoms with Crippen LogP contribution in [0.4, 0.5) is 0 Å². The summed E-state index contributed by atoms with van der Waals surface area (Å²) in [5.74, 6) is -0.221. The lowest BCUT2D eigenvalue weighted by Gasteiger charge is -2.05. The van der Waals surface area contributed by atoms with Crippen molar-refractivity contribution >= 4 is 43.4 Å². The molecule has 23 heavy (non-hydrogen) atoms. The molecule has 3 rings (SSSR count). The van der Waals surface area contributed by atoms with Crippen molar-refractivity contribution in [2.24, 2.45) is 4.99 Å². The van der Waals surface area contributed by atoms with Crippen LogP contribution < -0.4 is 4.80 Å². The molecule has 0 radical (unpaired) electrons. The molecule has 0 aliphatic heterocycles. The molecule has 118 valence electrons. The van der Waals surface area contributed by atoms with Crippen LogP contribution in [0.1, 0.15) is 28.4 Å². The van der Waals surface area contributed by atoms with Crippen molar-refractivity contribution in [2.75, 3.05) is 0 Å². The summed E-state index contributed by atoms with van der Waals surface area (Å²) in [5.41, 5.74) is 4.18. The number of amides is 1. The van der Waals surface area contributed by atoms with Gasteiger partial charge < -0.3 is 4.57 Å². The highest BCUT2D eigenvalue weighted by atomic mass is 79.9. The minimum atomic E-state index is -0.221. The van der Waals surface area contributed by atoms with Crippen LogP contribution in [0.25, 0.3) is 10.2 Å². The van der Waals surface area contributed by atoms with E-state index in [-0.39, 0.29) is 5.91 Å². The molecule has 0 spiro atoms. The van der Waals surface area contributed by atoms with Gasteiger partial charge in [-0.15, -0.1) is 0 Å². The summed E-state index contributed by atoms with van der Waals surface area (Å²) < 4.78 is 4.09. The number of rotatable bonds is 2. The van der Waals surface area contributed by atoms with E-state index < -0.39 is 0 Å². The number of benzene rings is 2. The number of hydrogen-bond donors (Lipinski definition) is 0. The number of halogens is 1. The van der Waals surface area contributed by atoms with Gasteiger partial charge in [0.25, 0.3) is 5.91 Å². The minimum Gasteiger partial charge on any atom is -0.316 e. The van der Waals surface area contributed by atoms with Crippen molar-refractivity contribution in [3.05, 3.63) is 62.4 Å². The van der Waals surface area contributed by atoms with Crippen LogP contribution in [0.2, 0.25) is 0 Å². The first-order valence-corrected chi connectivity index (χ1v) is 9.07. The normalized spacial score (nSPS) is 12.1. The molecule has 0 aliphatic carbocycles. The number of thiazole rings is 1. The van der Waals surface area contributed by atoms with Crippen LogP contribution in [-0.4, -0.2) is 10.5 Å². The molecule has 1 amide bonds. The highest BCUT2D eigenvalue weighted by Gasteiger charge is 2.12. The van der Waals surface area contributed by atoms with E-state index in [2.05, 4.69) is 58.4 Å². The van der Waals surface area contributed by atoms with Crippen molar-refractivity contribution in [3.63, 3.8) is 0 Å². The molecule has 0 fully saturated rings. The maximum absolute atomic E-state index is 12.5. The zero-order valence-corrected chi connectivity index (χ0v) is 15.7. The molecule has 0 saturated heterocycles. The molecular weight excluding hydrogens is 372 g/mol. The Labute approximate surface area is 147 Å². The molecule has 1 aromatic heterocycles. The molecule has 0 saturated carbocycles. The van der Waals surface area contributed by atoms with E-state index in [0.717, 1.165) is 15.8 Å². The Bertz CT molecular complexity index is 969. The van der Waals surface area contributed by atoms with Gasteiger partial charge in [-0.1, -0.05) is 35.6 Å². The largest absolute Gasteiger partial charge is 0.316 e. The molecule has 0 unspecified atom stereocenters. The average molecular weight is 389 g/mol. The second-order valence-electron chi connectivity index (χ2n) is 5.40. The van der Waals surface area contributed by atoms with Gasteiger partial charge >= 0.3 is 0 Å². The lowest BCUT2D eigenvalue weighted by Crippen LogP contribution is -2.16. The molecule has 3 aromatic rings. The number of carbonyl (C=O) groups is 1. The fraction of sp³-hybridized carbons (Fsp3) is 0.222. The Kier molecular flexibility index (Phi) is 4.50. The zero-order valence-electron chi connectivity index (χ0n) is 13.3. The molecule has 0 aliphatic rings. The van der Waals surface area contributed by atoms with Gasteiger partial charge in [-0.05, 0) is 60.0 Å². The summed E-state index contributed by atoms with van der Waals surface area (Å²) in [4.78, 5) is 17.7. The van der Waals surface area contributed by atoms with Gasteiger partial charge in [-0.3, -0.25) is 4.79 Å². The number of hydrogen-bond acceptors (Lipinski definition) is 2. The van der Waals surface area contributed by atoms with Crippen molar-refractivity contribution in [1.29, 1.82) is 0 Å². The number of aryl methyl sites for hydroxylation is 3. The number of fused-ring (bicyclic) bond motifs is 1. The van der Waals surface area contributed by atoms with E-state index in [1.807, 2.05) is 18.2 Å². The van der Waals surface area contributed by atoms with Gasteiger partial charge in [-0.2, -0.15) is 4.99 Å². The molecule has 0 N–H and O–H groups in total. The van der Waals surface area contributed by atoms with Gasteiger partial charge in [-0.25, -0.2) is 0 Å². The molecule has 1 heterocycles. The predicted molar refractivity (Wildman–Crippen MR) is 99.0 cm³/mol. The van der Waals surface area contributed by atoms with Crippen LogP contribution in [0.15, 0.2) is 45.9 Å². The maximum atomic E-state index is 12.5. The Morgan fingerprint density at radius 3 is 2.57 bits per heavy atom. The third kappa shape index (κ3) is 2.91. The van der Waals surface area contributed by atoms with Crippen LogP contribution >= 0.6 is 27.3 Å². The molecule has 0 bridgehead atoms. The topological polar surface area (TPSA) is 34.4 Å². The first-order chi connectivity index (χ1) is 11.0. The van der Waals surface area contributed by atoms with E-state index in [0.29, 0.717) is 5.56 Å². The Morgan fingerprint density at radius 2 is 1.87 bits per heavy atom. The van der Waals surface area contributed by atoms with Crippen molar-refractivity contribution in [3.8, 4) is 0 Å². The van der Waals surface area contributed by atoms with Crippen LogP contribution in [0, 0.1) is 13.8 Å². The first-order valence-electron chi connectivity index (χ1n) is 7.46. The van der Waals surface area contributed by atoms with Crippen LogP contribution in [-0.2, 0) is 6.54 Å². The molecule has 0 atom stereocenters. The molecule has 3 nitrogen and oxygen atoms in total. The Balaban J connectivity index is 2.24. The summed E-state index contributed by atoms with van der Waals surface area (Å²) in [6.07, 6.45) is 0. The van der Waals surface area contributed by atoms with Crippen molar-refractivity contribution in [2.45, 2.75) is 27.3 Å². The smallest absolute Gasteiger partial charge is 0.280 e. The molecule has 2 aromatic carbocycles. The van der Waals surface area contributed by atoms with Crippen LogP contribution in [0.5, 0.6) is 0 Å². The predicted octanol–water partition coefficient (Wildman–Crippen LogP) is 4.84. The SMILES string of the molecule is CCn1c(=NC(=O)c2ccccc2Br)sc2c(C)ccc(C)c21. The fourth-order valence-electron chi connectivity index (χ4n) is 2.64. The standard InChI is InChI=1S/C18H17BrN2OS/c1-4-21-15-11(2)9-10-12(3)16(15)23-18(21)20-17(22)13-7-5-6-8-14(13)19/h5-10H,4H2,1-3H3. The van der Waals surface area contributed by atoms with E-state index in [4.69, 9.17) is 0 Å². The highest BCUT2D eigenvalue weighted by molar-refractivity contribution is 9.10. The van der Waals surface area contributed by atoms with Gasteiger partial charge in [0.15, 0.2) is 4.80 Å². The fourth-order valence-corrected chi connectivity index (χ4v) is 4.33. The quantitative estimate of drug-likeness (QED) is 0.617. The van der Waals surface area contributed by atoms with Crippen LogP contribution in [0.3, 0.4) is 0 Å². The lowest BCUT2D eigenvalue weighted by molar-refractivity contribution is 0.0997. The summed E-state index contributed by atoms with van der Waals surface area (Å²) in [5, 5.41) is 0. The molecule has 5 heteroatoms. The van der Waals surface area contributed by atoms with E-state index in [1.54, 1.807) is 17.4 Å². The highest BCUT2D eigenvalue weighted by Crippen LogP contribution is 2.25. The number of nitrogens with zero attached hydrogens (tertiary/aromatic N) is 2.